The third kappa shape index (κ3) is 31.8. The molecule has 0 aromatic carbocycles. The van der Waals surface area contributed by atoms with Gasteiger partial charge in [-0.1, -0.05) is 96.8 Å². The fourth-order valence-electron chi connectivity index (χ4n) is 5.28. The van der Waals surface area contributed by atoms with E-state index in [1.54, 1.807) is 0 Å². The van der Waals surface area contributed by atoms with Gasteiger partial charge in [-0.2, -0.15) is 0 Å². The summed E-state index contributed by atoms with van der Waals surface area (Å²) < 4.78 is 13.4. The molecule has 8 N–H and O–H groups in total. The highest BCUT2D eigenvalue weighted by atomic mass is 32.1. The number of carbonyl (C=O) groups is 6. The first-order valence-electron chi connectivity index (χ1n) is 19.3. The number of amides is 5. The maximum absolute atomic E-state index is 12.3. The van der Waals surface area contributed by atoms with E-state index in [4.69, 9.17) is 15.2 Å². The van der Waals surface area contributed by atoms with Gasteiger partial charge in [-0.25, -0.2) is 4.79 Å². The normalized spacial score (nSPS) is 12.1. The molecule has 302 valence electrons. The third-order valence-electron chi connectivity index (χ3n) is 8.37. The Labute approximate surface area is 316 Å². The van der Waals surface area contributed by atoms with Gasteiger partial charge in [-0.15, -0.1) is 0 Å². The molecule has 1 unspecified atom stereocenters. The molecule has 5 amide bonds. The molecule has 0 aliphatic rings. The second-order valence-electron chi connectivity index (χ2n) is 13.0. The number of aliphatic carboxylic acids is 1. The zero-order chi connectivity index (χ0) is 38.7. The van der Waals surface area contributed by atoms with Crippen molar-refractivity contribution in [3.8, 4) is 0 Å². The predicted octanol–water partition coefficient (Wildman–Crippen LogP) is 3.05. The molecule has 0 radical (unpaired) electrons. The first-order chi connectivity index (χ1) is 25.1. The van der Waals surface area contributed by atoms with E-state index in [0.717, 1.165) is 25.7 Å². The van der Waals surface area contributed by atoms with E-state index in [2.05, 4.69) is 45.7 Å². The summed E-state index contributed by atoms with van der Waals surface area (Å²) in [5.41, 5.74) is 5.01. The van der Waals surface area contributed by atoms with Gasteiger partial charge in [-0.05, 0) is 32.1 Å². The topological polar surface area (TPSA) is 227 Å². The number of nitrogens with two attached hydrogens (primary N) is 1. The van der Waals surface area contributed by atoms with Crippen molar-refractivity contribution in [2.24, 2.45) is 5.73 Å². The average Bonchev–Trinajstić information content (AvgIpc) is 3.11. The van der Waals surface area contributed by atoms with Crippen LogP contribution < -0.4 is 31.7 Å². The number of hydrogen-bond acceptors (Lipinski definition) is 10. The number of carboxylic acid groups (broad SMARTS) is 1. The molecule has 16 heteroatoms. The first kappa shape index (κ1) is 49.0. The summed E-state index contributed by atoms with van der Waals surface area (Å²) in [4.78, 5) is 70.7. The van der Waals surface area contributed by atoms with E-state index >= 15 is 0 Å². The minimum absolute atomic E-state index is 0.000198. The van der Waals surface area contributed by atoms with Crippen LogP contribution >= 0.6 is 12.8 Å². The maximum atomic E-state index is 12.3. The molecule has 2 atom stereocenters. The Morgan fingerprint density at radius 3 is 1.73 bits per heavy atom. The van der Waals surface area contributed by atoms with Crippen LogP contribution in [0.5, 0.6) is 0 Å². The number of ether oxygens (including phenoxy) is 2. The Bertz CT molecular complexity index is 992. The Morgan fingerprint density at radius 1 is 0.596 bits per heavy atom. The summed E-state index contributed by atoms with van der Waals surface area (Å²) in [6, 6.07) is -1.69. The fraction of sp³-hybridized carbons (Fsp3) is 0.833. The second kappa shape index (κ2) is 35.1. The second-order valence-corrected chi connectivity index (χ2v) is 13.3. The molecule has 52 heavy (non-hydrogen) atoms. The quantitative estimate of drug-likeness (QED) is 0.0341. The number of thiol groups is 1. The van der Waals surface area contributed by atoms with Crippen LogP contribution in [-0.2, 0) is 38.2 Å². The van der Waals surface area contributed by atoms with Crippen molar-refractivity contribution < 1.29 is 43.3 Å². The van der Waals surface area contributed by atoms with Crippen LogP contribution in [0.2, 0.25) is 0 Å². The first-order valence-corrected chi connectivity index (χ1v) is 19.7. The van der Waals surface area contributed by atoms with Gasteiger partial charge in [0.1, 0.15) is 6.04 Å². The van der Waals surface area contributed by atoms with E-state index < -0.39 is 24.0 Å². The lowest BCUT2D eigenvalue weighted by Gasteiger charge is -2.14. The Kier molecular flexibility index (Phi) is 33.1. The van der Waals surface area contributed by atoms with Crippen LogP contribution in [0, 0.1) is 0 Å². The lowest BCUT2D eigenvalue weighted by Crippen LogP contribution is -2.44. The molecule has 0 aliphatic carbocycles. The monoisotopic (exact) mass is 760 g/mol. The zero-order valence-corrected chi connectivity index (χ0v) is 32.4. The lowest BCUT2D eigenvalue weighted by molar-refractivity contribution is -0.142. The molecule has 0 aromatic heterocycles. The summed E-state index contributed by atoms with van der Waals surface area (Å²) in [6.07, 6.45) is 17.9. The molecule has 0 bridgehead atoms. The molecule has 0 aliphatic heterocycles. The molecule has 0 aromatic rings. The SMILES string of the molecule is CCCCCCCCCCCCCCCC(=O)NC(CCC(=O)NCCOCCOCCC(=O)NCCCC[C@H](NS)C(=O)NCC(N)=O)C(=O)O. The van der Waals surface area contributed by atoms with Crippen LogP contribution in [0.1, 0.15) is 135 Å². The van der Waals surface area contributed by atoms with E-state index in [1.165, 1.54) is 57.8 Å². The molecule has 0 saturated heterocycles. The van der Waals surface area contributed by atoms with E-state index in [1.807, 2.05) is 0 Å². The molecular formula is C36H68N6O9S. The average molecular weight is 761 g/mol. The Hall–Kier alpha value is -2.95. The fourth-order valence-corrected chi connectivity index (χ4v) is 5.53. The van der Waals surface area contributed by atoms with Crippen molar-refractivity contribution in [2.75, 3.05) is 46.1 Å². The maximum Gasteiger partial charge on any atom is 0.326 e. The van der Waals surface area contributed by atoms with Crippen molar-refractivity contribution in [2.45, 2.75) is 147 Å². The molecule has 0 rings (SSSR count). The van der Waals surface area contributed by atoms with Crippen molar-refractivity contribution in [3.05, 3.63) is 0 Å². The van der Waals surface area contributed by atoms with E-state index in [-0.39, 0.29) is 88.8 Å². The molecule has 15 nitrogen and oxygen atoms in total. The standard InChI is InChI=1S/C36H68N6O9S/c1-2-3-4-5-6-7-8-9-10-11-12-13-14-18-34(46)41-30(36(48)49)19-20-32(44)39-23-25-51-27-26-50-24-21-33(45)38-22-16-15-17-29(42-52)35(47)40-28-31(37)43/h29-30,42,52H,2-28H2,1H3,(H2,37,43)(H,38,45)(H,39,44)(H,40,47)(H,41,46)(H,48,49)/t29-,30?/m0/s1. The molecular weight excluding hydrogens is 692 g/mol. The van der Waals surface area contributed by atoms with Crippen LogP contribution in [0.3, 0.4) is 0 Å². The molecule has 0 fully saturated rings. The number of primary amides is 1. The minimum Gasteiger partial charge on any atom is -0.480 e. The smallest absolute Gasteiger partial charge is 0.326 e. The Balaban J connectivity index is 3.76. The van der Waals surface area contributed by atoms with Gasteiger partial charge in [0.2, 0.25) is 29.5 Å². The van der Waals surface area contributed by atoms with Crippen molar-refractivity contribution in [3.63, 3.8) is 0 Å². The highest BCUT2D eigenvalue weighted by molar-refractivity contribution is 7.78. The number of carboxylic acids is 1. The number of carbonyl (C=O) groups excluding carboxylic acids is 5. The molecule has 0 spiro atoms. The molecule has 0 saturated carbocycles. The van der Waals surface area contributed by atoms with E-state index in [9.17, 15) is 33.9 Å². The van der Waals surface area contributed by atoms with Crippen LogP contribution in [-0.4, -0.2) is 98.8 Å². The lowest BCUT2D eigenvalue weighted by atomic mass is 10.0. The van der Waals surface area contributed by atoms with Crippen LogP contribution in [0.25, 0.3) is 0 Å². The van der Waals surface area contributed by atoms with Crippen LogP contribution in [0.15, 0.2) is 0 Å². The van der Waals surface area contributed by atoms with Crippen LogP contribution in [0.4, 0.5) is 0 Å². The van der Waals surface area contributed by atoms with Crippen molar-refractivity contribution in [1.82, 2.24) is 26.0 Å². The summed E-state index contributed by atoms with van der Waals surface area (Å²) in [7, 11) is 0. The third-order valence-corrected chi connectivity index (χ3v) is 8.68. The summed E-state index contributed by atoms with van der Waals surface area (Å²) in [5, 5.41) is 19.9. The van der Waals surface area contributed by atoms with Gasteiger partial charge < -0.3 is 41.6 Å². The van der Waals surface area contributed by atoms with Crippen molar-refractivity contribution >= 4 is 48.3 Å². The van der Waals surface area contributed by atoms with Gasteiger partial charge in [-0.3, -0.25) is 28.7 Å². The summed E-state index contributed by atoms with van der Waals surface area (Å²) in [5.74, 6) is -2.96. The van der Waals surface area contributed by atoms with Gasteiger partial charge in [0.05, 0.1) is 39.0 Å². The minimum atomic E-state index is -1.16. The van der Waals surface area contributed by atoms with Crippen molar-refractivity contribution in [1.29, 1.82) is 0 Å². The summed E-state index contributed by atoms with van der Waals surface area (Å²) in [6.45, 7) is 3.69. The van der Waals surface area contributed by atoms with Gasteiger partial charge in [0.25, 0.3) is 0 Å². The van der Waals surface area contributed by atoms with Gasteiger partial charge >= 0.3 is 5.97 Å². The number of nitrogens with one attached hydrogen (secondary N) is 5. The highest BCUT2D eigenvalue weighted by Gasteiger charge is 2.21. The number of hydrogen-bond donors (Lipinski definition) is 8. The van der Waals surface area contributed by atoms with Gasteiger partial charge in [0, 0.05) is 32.4 Å². The number of rotatable bonds is 37. The predicted molar refractivity (Wildman–Crippen MR) is 203 cm³/mol. The largest absolute Gasteiger partial charge is 0.480 e. The van der Waals surface area contributed by atoms with Gasteiger partial charge in [0.15, 0.2) is 0 Å². The number of unbranched alkanes of at least 4 members (excludes halogenated alkanes) is 13. The zero-order valence-electron chi connectivity index (χ0n) is 31.5. The Morgan fingerprint density at radius 2 is 1.15 bits per heavy atom. The summed E-state index contributed by atoms with van der Waals surface area (Å²) >= 11 is 3.93. The highest BCUT2D eigenvalue weighted by Crippen LogP contribution is 2.13. The van der Waals surface area contributed by atoms with E-state index in [0.29, 0.717) is 25.8 Å². The molecule has 0 heterocycles.